The van der Waals surface area contributed by atoms with Crippen molar-refractivity contribution in [2.24, 2.45) is 0 Å². The zero-order valence-electron chi connectivity index (χ0n) is 16.0. The number of nitrogens with zero attached hydrogens (tertiary/aromatic N) is 2. The molecule has 1 aliphatic heterocycles. The van der Waals surface area contributed by atoms with E-state index in [0.29, 0.717) is 0 Å². The highest BCUT2D eigenvalue weighted by atomic mass is 15.3. The molecule has 2 aromatic rings. The predicted octanol–water partition coefficient (Wildman–Crippen LogP) is 4.74. The molecule has 134 valence electrons. The van der Waals surface area contributed by atoms with Crippen LogP contribution in [-0.2, 0) is 11.8 Å². The van der Waals surface area contributed by atoms with Crippen molar-refractivity contribution in [3.63, 3.8) is 0 Å². The van der Waals surface area contributed by atoms with Gasteiger partial charge < -0.3 is 4.90 Å². The number of anilines is 1. The molecular weight excluding hydrogens is 304 g/mol. The molecule has 0 spiro atoms. The van der Waals surface area contributed by atoms with Crippen LogP contribution in [0.2, 0.25) is 0 Å². The van der Waals surface area contributed by atoms with Crippen LogP contribution in [0.1, 0.15) is 38.3 Å². The first kappa shape index (κ1) is 18.0. The molecule has 0 unspecified atom stereocenters. The normalized spacial score (nSPS) is 16.2. The van der Waals surface area contributed by atoms with E-state index < -0.39 is 0 Å². The summed E-state index contributed by atoms with van der Waals surface area (Å²) in [5.74, 6) is 0. The Labute approximate surface area is 153 Å². The lowest BCUT2D eigenvalue weighted by Crippen LogP contribution is -2.46. The fraction of sp³-hybridized carbons (Fsp3) is 0.478. The zero-order valence-corrected chi connectivity index (χ0v) is 16.0. The van der Waals surface area contributed by atoms with Crippen molar-refractivity contribution in [2.75, 3.05) is 37.6 Å². The minimum atomic E-state index is 0.247. The van der Waals surface area contributed by atoms with E-state index >= 15 is 0 Å². The van der Waals surface area contributed by atoms with E-state index in [1.54, 1.807) is 0 Å². The summed E-state index contributed by atoms with van der Waals surface area (Å²) in [7, 11) is 0. The highest BCUT2D eigenvalue weighted by Crippen LogP contribution is 2.22. The number of piperazine rings is 1. The molecule has 25 heavy (non-hydrogen) atoms. The first-order valence-corrected chi connectivity index (χ1v) is 9.64. The third-order valence-corrected chi connectivity index (χ3v) is 5.25. The van der Waals surface area contributed by atoms with Crippen LogP contribution in [0.3, 0.4) is 0 Å². The number of hydrogen-bond acceptors (Lipinski definition) is 2. The summed E-state index contributed by atoms with van der Waals surface area (Å²) in [5.41, 5.74) is 4.50. The van der Waals surface area contributed by atoms with E-state index in [-0.39, 0.29) is 5.41 Å². The lowest BCUT2D eigenvalue weighted by molar-refractivity contribution is 0.255. The third-order valence-electron chi connectivity index (χ3n) is 5.25. The highest BCUT2D eigenvalue weighted by molar-refractivity contribution is 5.46. The van der Waals surface area contributed by atoms with Crippen LogP contribution in [0.5, 0.6) is 0 Å². The molecule has 0 saturated carbocycles. The smallest absolute Gasteiger partial charge is 0.0367 e. The third kappa shape index (κ3) is 5.09. The molecule has 2 aromatic carbocycles. The first-order valence-electron chi connectivity index (χ1n) is 9.64. The Balaban J connectivity index is 1.40. The van der Waals surface area contributed by atoms with E-state index in [2.05, 4.69) is 85.2 Å². The van der Waals surface area contributed by atoms with Crippen molar-refractivity contribution in [1.82, 2.24) is 4.90 Å². The standard InChI is InChI=1S/C23H32N2/c1-23(2,3)21-13-11-20(12-14-21)8-7-15-24-16-18-25(19-17-24)22-9-5-4-6-10-22/h4-6,9-14H,7-8,15-19H2,1-3H3. The molecule has 0 aromatic heterocycles. The van der Waals surface area contributed by atoms with Gasteiger partial charge in [0.2, 0.25) is 0 Å². The largest absolute Gasteiger partial charge is 0.369 e. The molecule has 0 amide bonds. The molecule has 0 aliphatic carbocycles. The fourth-order valence-corrected chi connectivity index (χ4v) is 3.55. The minimum absolute atomic E-state index is 0.247. The van der Waals surface area contributed by atoms with Crippen molar-refractivity contribution in [3.8, 4) is 0 Å². The van der Waals surface area contributed by atoms with Crippen molar-refractivity contribution in [1.29, 1.82) is 0 Å². The topological polar surface area (TPSA) is 6.48 Å². The fourth-order valence-electron chi connectivity index (χ4n) is 3.55. The van der Waals surface area contributed by atoms with Crippen LogP contribution < -0.4 is 4.90 Å². The minimum Gasteiger partial charge on any atom is -0.369 e. The van der Waals surface area contributed by atoms with Gasteiger partial charge in [-0.25, -0.2) is 0 Å². The number of hydrogen-bond donors (Lipinski definition) is 0. The maximum Gasteiger partial charge on any atom is 0.0367 e. The van der Waals surface area contributed by atoms with E-state index in [1.807, 2.05) is 0 Å². The monoisotopic (exact) mass is 336 g/mol. The quantitative estimate of drug-likeness (QED) is 0.778. The Morgan fingerprint density at radius 3 is 2.04 bits per heavy atom. The van der Waals surface area contributed by atoms with Gasteiger partial charge in [-0.2, -0.15) is 0 Å². The van der Waals surface area contributed by atoms with Crippen molar-refractivity contribution < 1.29 is 0 Å². The Morgan fingerprint density at radius 2 is 1.44 bits per heavy atom. The van der Waals surface area contributed by atoms with Crippen LogP contribution in [-0.4, -0.2) is 37.6 Å². The summed E-state index contributed by atoms with van der Waals surface area (Å²) in [6, 6.07) is 20.0. The molecule has 1 saturated heterocycles. The zero-order chi connectivity index (χ0) is 17.7. The molecule has 1 aliphatic rings. The van der Waals surface area contributed by atoms with Gasteiger partial charge in [0.25, 0.3) is 0 Å². The van der Waals surface area contributed by atoms with Gasteiger partial charge in [0.15, 0.2) is 0 Å². The molecule has 0 atom stereocenters. The lowest BCUT2D eigenvalue weighted by Gasteiger charge is -2.36. The molecular formula is C23H32N2. The van der Waals surface area contributed by atoms with Gasteiger partial charge in [0.1, 0.15) is 0 Å². The van der Waals surface area contributed by atoms with E-state index in [9.17, 15) is 0 Å². The van der Waals surface area contributed by atoms with Gasteiger partial charge in [0, 0.05) is 31.9 Å². The van der Waals surface area contributed by atoms with Gasteiger partial charge >= 0.3 is 0 Å². The molecule has 3 rings (SSSR count). The Morgan fingerprint density at radius 1 is 0.800 bits per heavy atom. The van der Waals surface area contributed by atoms with Gasteiger partial charge in [-0.15, -0.1) is 0 Å². The van der Waals surface area contributed by atoms with Gasteiger partial charge in [-0.3, -0.25) is 4.90 Å². The molecule has 1 fully saturated rings. The average molecular weight is 337 g/mol. The second kappa shape index (κ2) is 8.05. The van der Waals surface area contributed by atoms with Gasteiger partial charge in [-0.05, 0) is 48.1 Å². The van der Waals surface area contributed by atoms with E-state index in [1.165, 1.54) is 49.3 Å². The highest BCUT2D eigenvalue weighted by Gasteiger charge is 2.16. The number of benzene rings is 2. The number of para-hydroxylation sites is 1. The molecule has 0 bridgehead atoms. The summed E-state index contributed by atoms with van der Waals surface area (Å²) in [6.45, 7) is 12.7. The second-order valence-electron chi connectivity index (χ2n) is 8.21. The maximum absolute atomic E-state index is 2.61. The van der Waals surface area contributed by atoms with Crippen LogP contribution in [0.25, 0.3) is 0 Å². The van der Waals surface area contributed by atoms with Crippen molar-refractivity contribution >= 4 is 5.69 Å². The van der Waals surface area contributed by atoms with E-state index in [4.69, 9.17) is 0 Å². The van der Waals surface area contributed by atoms with Gasteiger partial charge in [-0.1, -0.05) is 63.2 Å². The summed E-state index contributed by atoms with van der Waals surface area (Å²) in [6.07, 6.45) is 2.43. The molecule has 0 radical (unpaired) electrons. The Bertz CT molecular complexity index is 632. The Kier molecular flexibility index (Phi) is 5.80. The van der Waals surface area contributed by atoms with Crippen molar-refractivity contribution in [3.05, 3.63) is 65.7 Å². The summed E-state index contributed by atoms with van der Waals surface area (Å²) in [5, 5.41) is 0. The average Bonchev–Trinajstić information content (AvgIpc) is 2.63. The summed E-state index contributed by atoms with van der Waals surface area (Å²) < 4.78 is 0. The predicted molar refractivity (Wildman–Crippen MR) is 109 cm³/mol. The molecule has 1 heterocycles. The molecule has 2 nitrogen and oxygen atoms in total. The summed E-state index contributed by atoms with van der Waals surface area (Å²) >= 11 is 0. The molecule has 0 N–H and O–H groups in total. The van der Waals surface area contributed by atoms with Crippen molar-refractivity contribution in [2.45, 2.75) is 39.0 Å². The van der Waals surface area contributed by atoms with Crippen LogP contribution in [0.4, 0.5) is 5.69 Å². The van der Waals surface area contributed by atoms with E-state index in [0.717, 1.165) is 13.1 Å². The van der Waals surface area contributed by atoms with Gasteiger partial charge in [0.05, 0.1) is 0 Å². The maximum atomic E-state index is 2.61. The second-order valence-corrected chi connectivity index (χ2v) is 8.21. The number of aryl methyl sites for hydroxylation is 1. The van der Waals surface area contributed by atoms with Crippen LogP contribution in [0, 0.1) is 0 Å². The number of rotatable bonds is 5. The van der Waals surface area contributed by atoms with Crippen LogP contribution in [0.15, 0.2) is 54.6 Å². The Hall–Kier alpha value is -1.80. The SMILES string of the molecule is CC(C)(C)c1ccc(CCCN2CCN(c3ccccc3)CC2)cc1. The first-order chi connectivity index (χ1) is 12.0. The summed E-state index contributed by atoms with van der Waals surface area (Å²) in [4.78, 5) is 5.12. The molecule has 2 heteroatoms. The lowest BCUT2D eigenvalue weighted by atomic mass is 9.86. The van der Waals surface area contributed by atoms with Crippen LogP contribution >= 0.6 is 0 Å².